The Hall–Kier alpha value is -1.84. The van der Waals surface area contributed by atoms with E-state index in [9.17, 15) is 9.59 Å². The number of nitrogens with two attached hydrogens (primary N) is 1. The molecule has 0 saturated carbocycles. The normalized spacial score (nSPS) is 13.8. The van der Waals surface area contributed by atoms with Gasteiger partial charge in [0.05, 0.1) is 6.42 Å². The van der Waals surface area contributed by atoms with Crippen LogP contribution in [0.4, 0.5) is 0 Å². The third-order valence-electron chi connectivity index (χ3n) is 3.79. The average Bonchev–Trinajstić information content (AvgIpc) is 2.35. The molecule has 0 aliphatic rings. The minimum atomic E-state index is -0.971. The summed E-state index contributed by atoms with van der Waals surface area (Å²) in [6.07, 6.45) is 0.739. The van der Waals surface area contributed by atoms with Crippen molar-refractivity contribution < 1.29 is 9.59 Å². The topological polar surface area (TPSA) is 72.2 Å². The fraction of sp³-hybridized carbons (Fsp3) is 0.500. The van der Waals surface area contributed by atoms with Crippen molar-refractivity contribution in [2.45, 2.75) is 46.1 Å². The zero-order valence-electron chi connectivity index (χ0n) is 12.7. The van der Waals surface area contributed by atoms with Gasteiger partial charge in [0.15, 0.2) is 0 Å². The van der Waals surface area contributed by atoms with Crippen LogP contribution in [0.15, 0.2) is 24.3 Å². The number of aryl methyl sites for hydroxylation is 1. The molecule has 0 saturated heterocycles. The molecule has 3 N–H and O–H groups in total. The standard InChI is InChI=1S/C16H24N2O2/c1-5-16(11(2)3,15(17)20)18-14(19)10-13-8-6-7-12(4)9-13/h6-9,11H,5,10H2,1-4H3,(H2,17,20)(H,18,19)/t16-/m1/s1. The van der Waals surface area contributed by atoms with Crippen molar-refractivity contribution in [3.05, 3.63) is 35.4 Å². The van der Waals surface area contributed by atoms with Crippen LogP contribution in [0.3, 0.4) is 0 Å². The maximum absolute atomic E-state index is 12.2. The van der Waals surface area contributed by atoms with Crippen molar-refractivity contribution in [3.8, 4) is 0 Å². The smallest absolute Gasteiger partial charge is 0.243 e. The van der Waals surface area contributed by atoms with Gasteiger partial charge in [-0.25, -0.2) is 0 Å². The third kappa shape index (κ3) is 3.59. The third-order valence-corrected chi connectivity index (χ3v) is 3.79. The van der Waals surface area contributed by atoms with E-state index in [0.717, 1.165) is 11.1 Å². The molecule has 0 spiro atoms. The largest absolute Gasteiger partial charge is 0.368 e. The second-order valence-electron chi connectivity index (χ2n) is 5.56. The molecular weight excluding hydrogens is 252 g/mol. The quantitative estimate of drug-likeness (QED) is 0.833. The molecule has 1 atom stereocenters. The minimum absolute atomic E-state index is 0.0496. The Morgan fingerprint density at radius 2 is 2.00 bits per heavy atom. The van der Waals surface area contributed by atoms with E-state index in [1.165, 1.54) is 0 Å². The molecular formula is C16H24N2O2. The lowest BCUT2D eigenvalue weighted by Gasteiger charge is -2.34. The summed E-state index contributed by atoms with van der Waals surface area (Å²) in [5.41, 5.74) is 6.56. The summed E-state index contributed by atoms with van der Waals surface area (Å²) in [5.74, 6) is -0.705. The second-order valence-corrected chi connectivity index (χ2v) is 5.56. The number of carbonyl (C=O) groups is 2. The zero-order valence-corrected chi connectivity index (χ0v) is 12.7. The molecule has 0 aliphatic carbocycles. The predicted molar refractivity (Wildman–Crippen MR) is 80.1 cm³/mol. The van der Waals surface area contributed by atoms with Crippen molar-refractivity contribution in [1.29, 1.82) is 0 Å². The summed E-state index contributed by atoms with van der Waals surface area (Å²) < 4.78 is 0. The molecule has 4 nitrogen and oxygen atoms in total. The minimum Gasteiger partial charge on any atom is -0.368 e. The lowest BCUT2D eigenvalue weighted by molar-refractivity contribution is -0.133. The van der Waals surface area contributed by atoms with Crippen molar-refractivity contribution in [3.63, 3.8) is 0 Å². The van der Waals surface area contributed by atoms with Gasteiger partial charge in [-0.3, -0.25) is 9.59 Å². The number of carbonyl (C=O) groups excluding carboxylic acids is 2. The van der Waals surface area contributed by atoms with E-state index in [1.54, 1.807) is 0 Å². The summed E-state index contributed by atoms with van der Waals surface area (Å²) in [6.45, 7) is 7.62. The van der Waals surface area contributed by atoms with Gasteiger partial charge in [0, 0.05) is 0 Å². The highest BCUT2D eigenvalue weighted by molar-refractivity contribution is 5.91. The monoisotopic (exact) mass is 276 g/mol. The van der Waals surface area contributed by atoms with Crippen molar-refractivity contribution in [2.75, 3.05) is 0 Å². The lowest BCUT2D eigenvalue weighted by Crippen LogP contribution is -2.60. The van der Waals surface area contributed by atoms with Crippen LogP contribution in [-0.2, 0) is 16.0 Å². The van der Waals surface area contributed by atoms with Crippen LogP contribution >= 0.6 is 0 Å². The SMILES string of the molecule is CC[C@](NC(=O)Cc1cccc(C)c1)(C(N)=O)C(C)C. The van der Waals surface area contributed by atoms with Gasteiger partial charge in [0.25, 0.3) is 0 Å². The first-order chi connectivity index (χ1) is 9.31. The van der Waals surface area contributed by atoms with Gasteiger partial charge in [-0.15, -0.1) is 0 Å². The van der Waals surface area contributed by atoms with E-state index in [4.69, 9.17) is 5.73 Å². The van der Waals surface area contributed by atoms with Gasteiger partial charge >= 0.3 is 0 Å². The van der Waals surface area contributed by atoms with Gasteiger partial charge in [-0.1, -0.05) is 50.6 Å². The average molecular weight is 276 g/mol. The summed E-state index contributed by atoms with van der Waals surface area (Å²) in [4.78, 5) is 23.9. The van der Waals surface area contributed by atoms with Crippen molar-refractivity contribution in [2.24, 2.45) is 11.7 Å². The van der Waals surface area contributed by atoms with Crippen molar-refractivity contribution in [1.82, 2.24) is 5.32 Å². The maximum atomic E-state index is 12.2. The Balaban J connectivity index is 2.85. The summed E-state index contributed by atoms with van der Waals surface area (Å²) in [7, 11) is 0. The molecule has 0 aromatic heterocycles. The van der Waals surface area contributed by atoms with Gasteiger partial charge in [0.2, 0.25) is 11.8 Å². The molecule has 4 heteroatoms. The van der Waals surface area contributed by atoms with Gasteiger partial charge in [0.1, 0.15) is 5.54 Å². The number of nitrogens with one attached hydrogen (secondary N) is 1. The zero-order chi connectivity index (χ0) is 15.3. The highest BCUT2D eigenvalue weighted by atomic mass is 16.2. The fourth-order valence-electron chi connectivity index (χ4n) is 2.46. The van der Waals surface area contributed by atoms with Crippen molar-refractivity contribution >= 4 is 11.8 Å². The fourth-order valence-corrected chi connectivity index (χ4v) is 2.46. The first-order valence-electron chi connectivity index (χ1n) is 6.98. The number of amides is 2. The van der Waals surface area contributed by atoms with Crippen LogP contribution in [0, 0.1) is 12.8 Å². The Kier molecular flexibility index (Phi) is 5.31. The Morgan fingerprint density at radius 3 is 2.45 bits per heavy atom. The Morgan fingerprint density at radius 1 is 1.35 bits per heavy atom. The van der Waals surface area contributed by atoms with Crippen LogP contribution < -0.4 is 11.1 Å². The van der Waals surface area contributed by atoms with E-state index in [0.29, 0.717) is 6.42 Å². The highest BCUT2D eigenvalue weighted by Crippen LogP contribution is 2.21. The first-order valence-corrected chi connectivity index (χ1v) is 6.98. The number of hydrogen-bond donors (Lipinski definition) is 2. The number of hydrogen-bond acceptors (Lipinski definition) is 2. The molecule has 1 aromatic carbocycles. The van der Waals surface area contributed by atoms with Crippen LogP contribution in [0.5, 0.6) is 0 Å². The number of primary amides is 1. The predicted octanol–water partition coefficient (Wildman–Crippen LogP) is 1.94. The van der Waals surface area contributed by atoms with Crippen LogP contribution in [0.2, 0.25) is 0 Å². The van der Waals surface area contributed by atoms with E-state index < -0.39 is 11.4 Å². The molecule has 110 valence electrons. The van der Waals surface area contributed by atoms with Crippen LogP contribution in [0.1, 0.15) is 38.3 Å². The molecule has 0 bridgehead atoms. The number of benzene rings is 1. The summed E-state index contributed by atoms with van der Waals surface area (Å²) in [5, 5.41) is 2.83. The molecule has 20 heavy (non-hydrogen) atoms. The highest BCUT2D eigenvalue weighted by Gasteiger charge is 2.39. The Bertz CT molecular complexity index is 497. The van der Waals surface area contributed by atoms with Gasteiger partial charge in [-0.2, -0.15) is 0 Å². The lowest BCUT2D eigenvalue weighted by atomic mass is 9.83. The summed E-state index contributed by atoms with van der Waals surface area (Å²) in [6, 6.07) is 7.77. The molecule has 0 radical (unpaired) electrons. The second kappa shape index (κ2) is 6.55. The van der Waals surface area contributed by atoms with E-state index in [-0.39, 0.29) is 18.2 Å². The first kappa shape index (κ1) is 16.2. The van der Waals surface area contributed by atoms with E-state index >= 15 is 0 Å². The molecule has 2 amide bonds. The molecule has 1 aromatic rings. The molecule has 0 unspecified atom stereocenters. The molecule has 0 aliphatic heterocycles. The molecule has 1 rings (SSSR count). The van der Waals surface area contributed by atoms with E-state index in [2.05, 4.69) is 5.32 Å². The summed E-state index contributed by atoms with van der Waals surface area (Å²) >= 11 is 0. The van der Waals surface area contributed by atoms with Gasteiger partial charge in [-0.05, 0) is 24.8 Å². The molecule has 0 heterocycles. The molecule has 0 fully saturated rings. The van der Waals surface area contributed by atoms with Crippen LogP contribution in [0.25, 0.3) is 0 Å². The maximum Gasteiger partial charge on any atom is 0.243 e. The number of rotatable bonds is 6. The van der Waals surface area contributed by atoms with Gasteiger partial charge < -0.3 is 11.1 Å². The van der Waals surface area contributed by atoms with E-state index in [1.807, 2.05) is 52.0 Å². The Labute approximate surface area is 120 Å². The van der Waals surface area contributed by atoms with Crippen LogP contribution in [-0.4, -0.2) is 17.4 Å².